The van der Waals surface area contributed by atoms with Crippen LogP contribution >= 0.6 is 0 Å². The molecule has 0 saturated carbocycles. The largest absolute Gasteiger partial charge is 0.316 e. The Hall–Kier alpha value is -0.0800. The minimum atomic E-state index is 0.797. The van der Waals surface area contributed by atoms with Crippen LogP contribution in [0.3, 0.4) is 0 Å². The molecule has 2 aliphatic heterocycles. The van der Waals surface area contributed by atoms with Crippen LogP contribution in [-0.4, -0.2) is 36.6 Å². The van der Waals surface area contributed by atoms with E-state index < -0.39 is 0 Å². The van der Waals surface area contributed by atoms with Gasteiger partial charge in [-0.15, -0.1) is 0 Å². The topological polar surface area (TPSA) is 15.3 Å². The predicted molar refractivity (Wildman–Crippen MR) is 69.6 cm³/mol. The Morgan fingerprint density at radius 1 is 1.25 bits per heavy atom. The zero-order chi connectivity index (χ0) is 11.7. The highest BCUT2D eigenvalue weighted by atomic mass is 15.2. The lowest BCUT2D eigenvalue weighted by molar-refractivity contribution is 0.117. The summed E-state index contributed by atoms with van der Waals surface area (Å²) in [5.41, 5.74) is 0. The van der Waals surface area contributed by atoms with Gasteiger partial charge in [0.05, 0.1) is 0 Å². The van der Waals surface area contributed by atoms with E-state index in [0.29, 0.717) is 0 Å². The first-order valence-corrected chi connectivity index (χ1v) is 7.15. The summed E-state index contributed by atoms with van der Waals surface area (Å²) >= 11 is 0. The molecule has 2 aliphatic rings. The van der Waals surface area contributed by atoms with E-state index in [9.17, 15) is 0 Å². The van der Waals surface area contributed by atoms with E-state index in [-0.39, 0.29) is 0 Å². The summed E-state index contributed by atoms with van der Waals surface area (Å²) < 4.78 is 0. The summed E-state index contributed by atoms with van der Waals surface area (Å²) in [6.45, 7) is 13.3. The van der Waals surface area contributed by atoms with Gasteiger partial charge < -0.3 is 5.32 Å². The zero-order valence-electron chi connectivity index (χ0n) is 11.4. The maximum atomic E-state index is 3.57. The SMILES string of the molecule is CCC(C(C)C)N1CC2CNCC2C1CC. The van der Waals surface area contributed by atoms with Crippen molar-refractivity contribution in [2.24, 2.45) is 17.8 Å². The van der Waals surface area contributed by atoms with Crippen molar-refractivity contribution in [3.05, 3.63) is 0 Å². The Labute approximate surface area is 101 Å². The Morgan fingerprint density at radius 3 is 2.56 bits per heavy atom. The molecule has 4 unspecified atom stereocenters. The Balaban J connectivity index is 2.09. The van der Waals surface area contributed by atoms with Gasteiger partial charge in [-0.05, 0) is 43.7 Å². The first-order chi connectivity index (χ1) is 7.69. The maximum Gasteiger partial charge on any atom is 0.0140 e. The highest BCUT2D eigenvalue weighted by Crippen LogP contribution is 2.37. The third-order valence-corrected chi connectivity index (χ3v) is 4.79. The summed E-state index contributed by atoms with van der Waals surface area (Å²) in [6, 6.07) is 1.64. The van der Waals surface area contributed by atoms with E-state index in [1.165, 1.54) is 32.5 Å². The lowest BCUT2D eigenvalue weighted by Crippen LogP contribution is -2.44. The molecule has 4 atom stereocenters. The number of fused-ring (bicyclic) bond motifs is 1. The van der Waals surface area contributed by atoms with Crippen LogP contribution < -0.4 is 5.32 Å². The van der Waals surface area contributed by atoms with Crippen molar-refractivity contribution >= 4 is 0 Å². The molecule has 0 radical (unpaired) electrons. The Morgan fingerprint density at radius 2 is 2.00 bits per heavy atom. The van der Waals surface area contributed by atoms with Crippen molar-refractivity contribution < 1.29 is 0 Å². The van der Waals surface area contributed by atoms with Crippen LogP contribution in [0.25, 0.3) is 0 Å². The second-order valence-corrected chi connectivity index (χ2v) is 5.97. The molecule has 0 bridgehead atoms. The normalized spacial score (nSPS) is 36.9. The highest BCUT2D eigenvalue weighted by molar-refractivity contribution is 5.00. The Bertz CT molecular complexity index is 227. The molecule has 2 rings (SSSR count). The summed E-state index contributed by atoms with van der Waals surface area (Å²) in [4.78, 5) is 2.83. The number of likely N-dealkylation sites (tertiary alicyclic amines) is 1. The standard InChI is InChI=1S/C14H28N2/c1-5-13(10(3)4)16-9-11-7-15-8-12(11)14(16)6-2/h10-15H,5-9H2,1-4H3. The second-order valence-electron chi connectivity index (χ2n) is 5.97. The fraction of sp³-hybridized carbons (Fsp3) is 1.00. The average Bonchev–Trinajstić information content (AvgIpc) is 2.77. The molecule has 0 aromatic rings. The van der Waals surface area contributed by atoms with Crippen molar-refractivity contribution in [1.82, 2.24) is 10.2 Å². The van der Waals surface area contributed by atoms with Gasteiger partial charge in [0.25, 0.3) is 0 Å². The van der Waals surface area contributed by atoms with Crippen molar-refractivity contribution in [3.8, 4) is 0 Å². The van der Waals surface area contributed by atoms with Gasteiger partial charge in [0.15, 0.2) is 0 Å². The fourth-order valence-corrected chi connectivity index (χ4v) is 4.06. The van der Waals surface area contributed by atoms with Crippen molar-refractivity contribution in [2.45, 2.75) is 52.6 Å². The van der Waals surface area contributed by atoms with Crippen LogP contribution in [0.5, 0.6) is 0 Å². The van der Waals surface area contributed by atoms with Gasteiger partial charge in [-0.1, -0.05) is 27.7 Å². The van der Waals surface area contributed by atoms with Gasteiger partial charge in [-0.2, -0.15) is 0 Å². The number of hydrogen-bond acceptors (Lipinski definition) is 2. The van der Waals surface area contributed by atoms with E-state index in [2.05, 4.69) is 37.9 Å². The van der Waals surface area contributed by atoms with E-state index in [4.69, 9.17) is 0 Å². The quantitative estimate of drug-likeness (QED) is 0.788. The van der Waals surface area contributed by atoms with E-state index >= 15 is 0 Å². The van der Waals surface area contributed by atoms with Crippen LogP contribution in [0.1, 0.15) is 40.5 Å². The lowest BCUT2D eigenvalue weighted by atomic mass is 9.92. The molecule has 0 aromatic carbocycles. The smallest absolute Gasteiger partial charge is 0.0140 e. The molecule has 94 valence electrons. The van der Waals surface area contributed by atoms with Crippen LogP contribution in [0.4, 0.5) is 0 Å². The zero-order valence-corrected chi connectivity index (χ0v) is 11.4. The van der Waals surface area contributed by atoms with Crippen LogP contribution in [0, 0.1) is 17.8 Å². The molecule has 2 heterocycles. The predicted octanol–water partition coefficient (Wildman–Crippen LogP) is 2.35. The molecule has 1 N–H and O–H groups in total. The van der Waals surface area contributed by atoms with Gasteiger partial charge >= 0.3 is 0 Å². The molecule has 2 fully saturated rings. The van der Waals surface area contributed by atoms with Gasteiger partial charge in [-0.25, -0.2) is 0 Å². The van der Waals surface area contributed by atoms with Gasteiger partial charge in [-0.3, -0.25) is 4.90 Å². The molecule has 2 heteroatoms. The van der Waals surface area contributed by atoms with Gasteiger partial charge in [0.2, 0.25) is 0 Å². The molecular weight excluding hydrogens is 196 g/mol. The molecule has 16 heavy (non-hydrogen) atoms. The summed E-state index contributed by atoms with van der Waals surface area (Å²) in [5.74, 6) is 2.65. The molecule has 0 aromatic heterocycles. The molecule has 2 nitrogen and oxygen atoms in total. The van der Waals surface area contributed by atoms with E-state index in [1.54, 1.807) is 0 Å². The molecule has 0 aliphatic carbocycles. The van der Waals surface area contributed by atoms with Crippen molar-refractivity contribution in [1.29, 1.82) is 0 Å². The number of rotatable bonds is 4. The molecule has 2 saturated heterocycles. The summed E-state index contributed by atoms with van der Waals surface area (Å²) in [6.07, 6.45) is 2.63. The highest BCUT2D eigenvalue weighted by Gasteiger charge is 2.45. The third-order valence-electron chi connectivity index (χ3n) is 4.79. The lowest BCUT2D eigenvalue weighted by Gasteiger charge is -2.36. The molecular formula is C14H28N2. The third kappa shape index (κ3) is 2.02. The van der Waals surface area contributed by atoms with Crippen molar-refractivity contribution in [2.75, 3.05) is 19.6 Å². The van der Waals surface area contributed by atoms with Crippen LogP contribution in [0.15, 0.2) is 0 Å². The minimum Gasteiger partial charge on any atom is -0.316 e. The monoisotopic (exact) mass is 224 g/mol. The number of hydrogen-bond donors (Lipinski definition) is 1. The second kappa shape index (κ2) is 5.05. The van der Waals surface area contributed by atoms with Crippen molar-refractivity contribution in [3.63, 3.8) is 0 Å². The van der Waals surface area contributed by atoms with E-state index in [1.807, 2.05) is 0 Å². The number of nitrogens with zero attached hydrogens (tertiary/aromatic N) is 1. The maximum absolute atomic E-state index is 3.57. The summed E-state index contributed by atoms with van der Waals surface area (Å²) in [7, 11) is 0. The van der Waals surface area contributed by atoms with E-state index in [0.717, 1.165) is 29.8 Å². The first kappa shape index (κ1) is 12.4. The summed E-state index contributed by atoms with van der Waals surface area (Å²) in [5, 5.41) is 3.57. The first-order valence-electron chi connectivity index (χ1n) is 7.15. The number of nitrogens with one attached hydrogen (secondary N) is 1. The molecule has 0 amide bonds. The Kier molecular flexibility index (Phi) is 3.91. The molecule has 0 spiro atoms. The van der Waals surface area contributed by atoms with Gasteiger partial charge in [0.1, 0.15) is 0 Å². The minimum absolute atomic E-state index is 0.797. The average molecular weight is 224 g/mol. The van der Waals surface area contributed by atoms with Crippen LogP contribution in [0.2, 0.25) is 0 Å². The van der Waals surface area contributed by atoms with Gasteiger partial charge in [0, 0.05) is 18.6 Å². The fourth-order valence-electron chi connectivity index (χ4n) is 4.06. The van der Waals surface area contributed by atoms with Crippen LogP contribution in [-0.2, 0) is 0 Å².